The quantitative estimate of drug-likeness (QED) is 0.612. The molecule has 0 aliphatic heterocycles. The van der Waals surface area contributed by atoms with E-state index in [-0.39, 0.29) is 5.91 Å². The van der Waals surface area contributed by atoms with Crippen LogP contribution in [0.25, 0.3) is 0 Å². The molecule has 1 aromatic rings. The van der Waals surface area contributed by atoms with E-state index in [1.165, 1.54) is 0 Å². The molecule has 2 amide bonds. The van der Waals surface area contributed by atoms with Crippen molar-refractivity contribution in [3.05, 3.63) is 35.4 Å². The van der Waals surface area contributed by atoms with E-state index in [2.05, 4.69) is 10.6 Å². The minimum atomic E-state index is -0.425. The highest BCUT2D eigenvalue weighted by molar-refractivity contribution is 5.92. The Hall–Kier alpha value is -1.88. The van der Waals surface area contributed by atoms with Gasteiger partial charge in [0.2, 0.25) is 11.8 Å². The third-order valence-corrected chi connectivity index (χ3v) is 2.47. The fraction of sp³-hybridized carbons (Fsp3) is 0.385. The normalized spacial score (nSPS) is 10.1. The lowest BCUT2D eigenvalue weighted by Crippen LogP contribution is -2.27. The number of nitrogens with two attached hydrogens (primary N) is 1. The van der Waals surface area contributed by atoms with E-state index in [0.717, 1.165) is 5.56 Å². The van der Waals surface area contributed by atoms with Crippen molar-refractivity contribution in [2.75, 3.05) is 13.1 Å². The maximum atomic E-state index is 11.2. The van der Waals surface area contributed by atoms with Crippen LogP contribution in [0.1, 0.15) is 29.3 Å². The number of carbonyl (C=O) groups excluding carboxylic acids is 2. The summed E-state index contributed by atoms with van der Waals surface area (Å²) in [5.41, 5.74) is 6.70. The van der Waals surface area contributed by atoms with Gasteiger partial charge in [0.25, 0.3) is 0 Å². The second-order valence-electron chi connectivity index (χ2n) is 3.94. The fourth-order valence-electron chi connectivity index (χ4n) is 1.51. The number of primary amides is 1. The molecule has 0 heterocycles. The molecule has 1 aromatic carbocycles. The van der Waals surface area contributed by atoms with Crippen LogP contribution >= 0.6 is 0 Å². The molecule has 98 valence electrons. The van der Waals surface area contributed by atoms with Crippen molar-refractivity contribution >= 4 is 11.8 Å². The first-order chi connectivity index (χ1) is 8.63. The molecular weight excluding hydrogens is 230 g/mol. The van der Waals surface area contributed by atoms with Crippen LogP contribution in [-0.4, -0.2) is 24.9 Å². The summed E-state index contributed by atoms with van der Waals surface area (Å²) in [5, 5.41) is 5.90. The van der Waals surface area contributed by atoms with Crippen LogP contribution in [0, 0.1) is 0 Å². The predicted molar refractivity (Wildman–Crippen MR) is 70.0 cm³/mol. The Morgan fingerprint density at radius 2 is 1.89 bits per heavy atom. The minimum absolute atomic E-state index is 0.0501. The van der Waals surface area contributed by atoms with Crippen LogP contribution in [0.4, 0.5) is 0 Å². The molecule has 4 N–H and O–H groups in total. The summed E-state index contributed by atoms with van der Waals surface area (Å²) in [5.74, 6) is -0.375. The Morgan fingerprint density at radius 1 is 1.22 bits per heavy atom. The molecule has 0 radical (unpaired) electrons. The lowest BCUT2D eigenvalue weighted by atomic mass is 10.1. The highest BCUT2D eigenvalue weighted by Gasteiger charge is 2.00. The van der Waals surface area contributed by atoms with Gasteiger partial charge >= 0.3 is 0 Å². The number of hydrogen-bond donors (Lipinski definition) is 3. The molecule has 5 heteroatoms. The molecule has 0 fully saturated rings. The molecule has 0 saturated heterocycles. The summed E-state index contributed by atoms with van der Waals surface area (Å²) < 4.78 is 0. The first-order valence-electron chi connectivity index (χ1n) is 5.99. The zero-order valence-electron chi connectivity index (χ0n) is 10.5. The summed E-state index contributed by atoms with van der Waals surface area (Å²) in [4.78, 5) is 22.0. The van der Waals surface area contributed by atoms with E-state index in [1.54, 1.807) is 12.1 Å². The zero-order chi connectivity index (χ0) is 13.4. The van der Waals surface area contributed by atoms with E-state index in [9.17, 15) is 9.59 Å². The summed E-state index contributed by atoms with van der Waals surface area (Å²) >= 11 is 0. The summed E-state index contributed by atoms with van der Waals surface area (Å²) in [6.45, 7) is 3.85. The molecule has 5 nitrogen and oxygen atoms in total. The predicted octanol–water partition coefficient (Wildman–Crippen LogP) is 0.401. The van der Waals surface area contributed by atoms with Crippen LogP contribution in [0.5, 0.6) is 0 Å². The van der Waals surface area contributed by atoms with Gasteiger partial charge in [-0.2, -0.15) is 0 Å². The number of rotatable bonds is 7. The number of benzene rings is 1. The van der Waals surface area contributed by atoms with Crippen molar-refractivity contribution < 1.29 is 9.59 Å². The van der Waals surface area contributed by atoms with Crippen LogP contribution in [-0.2, 0) is 11.3 Å². The topological polar surface area (TPSA) is 84.2 Å². The number of hydrogen-bond acceptors (Lipinski definition) is 3. The van der Waals surface area contributed by atoms with Gasteiger partial charge in [-0.1, -0.05) is 12.1 Å². The van der Waals surface area contributed by atoms with Crippen molar-refractivity contribution in [3.63, 3.8) is 0 Å². The Bertz CT molecular complexity index is 401. The lowest BCUT2D eigenvalue weighted by molar-refractivity contribution is -0.120. The van der Waals surface area contributed by atoms with E-state index >= 15 is 0 Å². The van der Waals surface area contributed by atoms with Gasteiger partial charge in [-0.15, -0.1) is 0 Å². The molecule has 0 spiro atoms. The molecule has 0 saturated carbocycles. The van der Waals surface area contributed by atoms with Crippen LogP contribution < -0.4 is 16.4 Å². The highest BCUT2D eigenvalue weighted by atomic mass is 16.1. The molecule has 1 rings (SSSR count). The largest absolute Gasteiger partial charge is 0.366 e. The Balaban J connectivity index is 2.27. The van der Waals surface area contributed by atoms with Crippen molar-refractivity contribution in [3.8, 4) is 0 Å². The Labute approximate surface area is 107 Å². The first-order valence-corrected chi connectivity index (χ1v) is 5.99. The van der Waals surface area contributed by atoms with Crippen LogP contribution in [0.3, 0.4) is 0 Å². The number of carbonyl (C=O) groups is 2. The van der Waals surface area contributed by atoms with Crippen LogP contribution in [0.15, 0.2) is 24.3 Å². The second-order valence-corrected chi connectivity index (χ2v) is 3.94. The average Bonchev–Trinajstić information content (AvgIpc) is 2.35. The third-order valence-electron chi connectivity index (χ3n) is 2.47. The van der Waals surface area contributed by atoms with Gasteiger partial charge in [0.05, 0.1) is 0 Å². The standard InChI is InChI=1S/C13H19N3O2/c1-2-16-12(17)7-8-15-9-10-3-5-11(6-4-10)13(14)18/h3-6,15H,2,7-9H2,1H3,(H2,14,18)(H,16,17). The average molecular weight is 249 g/mol. The van der Waals surface area contributed by atoms with Crippen molar-refractivity contribution in [1.29, 1.82) is 0 Å². The Kier molecular flexibility index (Phi) is 5.87. The van der Waals surface area contributed by atoms with Gasteiger partial charge in [-0.05, 0) is 24.6 Å². The molecule has 0 aromatic heterocycles. The van der Waals surface area contributed by atoms with E-state index < -0.39 is 5.91 Å². The molecule has 0 bridgehead atoms. The minimum Gasteiger partial charge on any atom is -0.366 e. The summed E-state index contributed by atoms with van der Waals surface area (Å²) in [6, 6.07) is 7.09. The number of amides is 2. The van der Waals surface area contributed by atoms with E-state index in [1.807, 2.05) is 19.1 Å². The van der Waals surface area contributed by atoms with Gasteiger partial charge in [-0.25, -0.2) is 0 Å². The first kappa shape index (κ1) is 14.2. The fourth-order valence-corrected chi connectivity index (χ4v) is 1.51. The summed E-state index contributed by atoms with van der Waals surface area (Å²) in [7, 11) is 0. The monoisotopic (exact) mass is 249 g/mol. The molecule has 18 heavy (non-hydrogen) atoms. The van der Waals surface area contributed by atoms with Gasteiger partial charge in [-0.3, -0.25) is 9.59 Å². The molecule has 0 aliphatic carbocycles. The van der Waals surface area contributed by atoms with Crippen LogP contribution in [0.2, 0.25) is 0 Å². The molecule has 0 atom stereocenters. The maximum absolute atomic E-state index is 11.2. The maximum Gasteiger partial charge on any atom is 0.248 e. The van der Waals surface area contributed by atoms with E-state index in [4.69, 9.17) is 5.73 Å². The zero-order valence-corrected chi connectivity index (χ0v) is 10.5. The van der Waals surface area contributed by atoms with Crippen molar-refractivity contribution in [1.82, 2.24) is 10.6 Å². The van der Waals surface area contributed by atoms with Gasteiger partial charge in [0, 0.05) is 31.6 Å². The molecule has 0 aliphatic rings. The summed E-state index contributed by atoms with van der Waals surface area (Å²) in [6.07, 6.45) is 0.465. The van der Waals surface area contributed by atoms with Crippen molar-refractivity contribution in [2.24, 2.45) is 5.73 Å². The van der Waals surface area contributed by atoms with Gasteiger partial charge in [0.1, 0.15) is 0 Å². The number of nitrogens with one attached hydrogen (secondary N) is 2. The van der Waals surface area contributed by atoms with E-state index in [0.29, 0.717) is 31.6 Å². The second kappa shape index (κ2) is 7.45. The third kappa shape index (κ3) is 4.97. The smallest absolute Gasteiger partial charge is 0.248 e. The highest BCUT2D eigenvalue weighted by Crippen LogP contribution is 2.03. The molecule has 0 unspecified atom stereocenters. The van der Waals surface area contributed by atoms with Crippen molar-refractivity contribution in [2.45, 2.75) is 19.9 Å². The Morgan fingerprint density at radius 3 is 2.44 bits per heavy atom. The van der Waals surface area contributed by atoms with Gasteiger partial charge in [0.15, 0.2) is 0 Å². The molecular formula is C13H19N3O2. The SMILES string of the molecule is CCNC(=O)CCNCc1ccc(C(N)=O)cc1. The lowest BCUT2D eigenvalue weighted by Gasteiger charge is -2.05. The van der Waals surface area contributed by atoms with Gasteiger partial charge < -0.3 is 16.4 Å².